The summed E-state index contributed by atoms with van der Waals surface area (Å²) in [6.45, 7) is 6.44. The smallest absolute Gasteiger partial charge is 0.0885 e. The first-order valence-electron chi connectivity index (χ1n) is 4.84. The van der Waals surface area contributed by atoms with Gasteiger partial charge < -0.3 is 10.1 Å². The van der Waals surface area contributed by atoms with E-state index in [2.05, 4.69) is 18.2 Å². The average Bonchev–Trinajstić information content (AvgIpc) is 2.16. The second-order valence-corrected chi connectivity index (χ2v) is 3.83. The van der Waals surface area contributed by atoms with Crippen molar-refractivity contribution in [3.8, 4) is 0 Å². The quantitative estimate of drug-likeness (QED) is 0.435. The highest BCUT2D eigenvalue weighted by molar-refractivity contribution is 7.98. The second kappa shape index (κ2) is 11.8. The lowest BCUT2D eigenvalue weighted by Gasteiger charge is -2.03. The Morgan fingerprint density at radius 1 is 1.31 bits per heavy atom. The molecule has 0 unspecified atom stereocenters. The number of hydrogen-bond acceptors (Lipinski definition) is 3. The lowest BCUT2D eigenvalue weighted by molar-refractivity contribution is 0.244. The molecule has 0 bridgehead atoms. The maximum absolute atomic E-state index is 5.00. The summed E-state index contributed by atoms with van der Waals surface area (Å²) in [5, 5.41) is 3.38. The molecule has 0 heterocycles. The van der Waals surface area contributed by atoms with Gasteiger partial charge in [0.15, 0.2) is 0 Å². The first-order valence-corrected chi connectivity index (χ1v) is 6.23. The summed E-state index contributed by atoms with van der Waals surface area (Å²) in [5.41, 5.74) is 0. The van der Waals surface area contributed by atoms with Crippen LogP contribution in [0.3, 0.4) is 0 Å². The molecule has 78 valence electrons. The Labute approximate surface area is 86.1 Å². The van der Waals surface area contributed by atoms with E-state index >= 15 is 0 Å². The van der Waals surface area contributed by atoms with Crippen LogP contribution in [0.4, 0.5) is 0 Å². The summed E-state index contributed by atoms with van der Waals surface area (Å²) < 4.78 is 5.00. The Kier molecular flexibility index (Phi) is 11.7. The molecule has 0 aromatic carbocycles. The summed E-state index contributed by atoms with van der Waals surface area (Å²) >= 11 is 1.92. The van der Waals surface area contributed by atoms with E-state index in [4.69, 9.17) is 4.74 Å². The van der Waals surface area contributed by atoms with E-state index in [0.29, 0.717) is 0 Å². The van der Waals surface area contributed by atoms with Crippen molar-refractivity contribution >= 4 is 11.8 Å². The van der Waals surface area contributed by atoms with Gasteiger partial charge in [-0.25, -0.2) is 0 Å². The molecule has 1 N–H and O–H groups in total. The molecule has 0 saturated carbocycles. The standard InChI is InChI=1S/C10H21NOS/c1-3-12-9-6-8-11-7-4-5-10-13-2/h3,11H,1,4-10H2,2H3. The molecular weight excluding hydrogens is 182 g/mol. The molecule has 0 fully saturated rings. The third-order valence-electron chi connectivity index (χ3n) is 1.69. The molecule has 3 heteroatoms. The molecule has 0 aliphatic heterocycles. The van der Waals surface area contributed by atoms with Crippen LogP contribution in [0.25, 0.3) is 0 Å². The molecule has 0 radical (unpaired) electrons. The highest BCUT2D eigenvalue weighted by atomic mass is 32.2. The van der Waals surface area contributed by atoms with Gasteiger partial charge in [-0.3, -0.25) is 0 Å². The minimum absolute atomic E-state index is 0.779. The van der Waals surface area contributed by atoms with E-state index < -0.39 is 0 Å². The molecule has 0 atom stereocenters. The molecule has 0 aromatic rings. The van der Waals surface area contributed by atoms with Crippen LogP contribution < -0.4 is 5.32 Å². The molecule has 0 rings (SSSR count). The van der Waals surface area contributed by atoms with Gasteiger partial charge in [0.25, 0.3) is 0 Å². The van der Waals surface area contributed by atoms with Crippen molar-refractivity contribution in [3.05, 3.63) is 12.8 Å². The van der Waals surface area contributed by atoms with Crippen LogP contribution in [-0.4, -0.2) is 31.7 Å². The van der Waals surface area contributed by atoms with E-state index in [9.17, 15) is 0 Å². The van der Waals surface area contributed by atoms with Crippen LogP contribution in [0.2, 0.25) is 0 Å². The van der Waals surface area contributed by atoms with Gasteiger partial charge in [-0.2, -0.15) is 11.8 Å². The van der Waals surface area contributed by atoms with Crippen molar-refractivity contribution in [2.45, 2.75) is 19.3 Å². The van der Waals surface area contributed by atoms with Gasteiger partial charge in [0, 0.05) is 0 Å². The predicted molar refractivity (Wildman–Crippen MR) is 61.3 cm³/mol. The maximum Gasteiger partial charge on any atom is 0.0885 e. The monoisotopic (exact) mass is 203 g/mol. The normalized spacial score (nSPS) is 9.92. The summed E-state index contributed by atoms with van der Waals surface area (Å²) in [7, 11) is 0. The zero-order valence-corrected chi connectivity index (χ0v) is 9.37. The molecule has 0 spiro atoms. The first-order chi connectivity index (χ1) is 6.41. The zero-order valence-electron chi connectivity index (χ0n) is 8.55. The lowest BCUT2D eigenvalue weighted by atomic mass is 10.3. The van der Waals surface area contributed by atoms with Crippen LogP contribution in [0.15, 0.2) is 12.8 Å². The van der Waals surface area contributed by atoms with E-state index in [1.165, 1.54) is 24.9 Å². The molecule has 0 aromatic heterocycles. The fourth-order valence-corrected chi connectivity index (χ4v) is 1.48. The molecule has 0 saturated heterocycles. The van der Waals surface area contributed by atoms with Gasteiger partial charge in [0.1, 0.15) is 0 Å². The van der Waals surface area contributed by atoms with E-state index in [0.717, 1.165) is 26.1 Å². The highest BCUT2D eigenvalue weighted by Crippen LogP contribution is 1.97. The van der Waals surface area contributed by atoms with Crippen LogP contribution in [-0.2, 0) is 4.74 Å². The fourth-order valence-electron chi connectivity index (χ4n) is 0.985. The van der Waals surface area contributed by atoms with Crippen molar-refractivity contribution in [2.24, 2.45) is 0 Å². The van der Waals surface area contributed by atoms with Crippen LogP contribution in [0.1, 0.15) is 19.3 Å². The third kappa shape index (κ3) is 11.9. The molecule has 2 nitrogen and oxygen atoms in total. The number of nitrogens with one attached hydrogen (secondary N) is 1. The van der Waals surface area contributed by atoms with Crippen molar-refractivity contribution in [3.63, 3.8) is 0 Å². The Hall–Kier alpha value is -0.150. The number of rotatable bonds is 10. The van der Waals surface area contributed by atoms with Crippen molar-refractivity contribution in [1.82, 2.24) is 5.32 Å². The summed E-state index contributed by atoms with van der Waals surface area (Å²) in [4.78, 5) is 0. The molecule has 0 amide bonds. The third-order valence-corrected chi connectivity index (χ3v) is 2.38. The topological polar surface area (TPSA) is 21.3 Å². The molecule has 0 aliphatic rings. The van der Waals surface area contributed by atoms with Gasteiger partial charge in [0.05, 0.1) is 12.9 Å². The fraction of sp³-hybridized carbons (Fsp3) is 0.800. The lowest BCUT2D eigenvalue weighted by Crippen LogP contribution is -2.17. The van der Waals surface area contributed by atoms with Gasteiger partial charge >= 0.3 is 0 Å². The Balaban J connectivity index is 2.79. The number of ether oxygens (including phenoxy) is 1. The SMILES string of the molecule is C=COCCCNCCCCSC. The Morgan fingerprint density at radius 3 is 2.77 bits per heavy atom. The van der Waals surface area contributed by atoms with Crippen LogP contribution >= 0.6 is 11.8 Å². The van der Waals surface area contributed by atoms with Crippen molar-refractivity contribution in [1.29, 1.82) is 0 Å². The van der Waals surface area contributed by atoms with E-state index in [1.807, 2.05) is 11.8 Å². The minimum Gasteiger partial charge on any atom is -0.502 e. The van der Waals surface area contributed by atoms with Crippen LogP contribution in [0.5, 0.6) is 0 Å². The Bertz CT molecular complexity index is 109. The van der Waals surface area contributed by atoms with Gasteiger partial charge in [-0.1, -0.05) is 6.58 Å². The van der Waals surface area contributed by atoms with E-state index in [-0.39, 0.29) is 0 Å². The number of unbranched alkanes of at least 4 members (excludes halogenated alkanes) is 1. The summed E-state index contributed by atoms with van der Waals surface area (Å²) in [5.74, 6) is 1.28. The zero-order chi connectivity index (χ0) is 9.78. The largest absolute Gasteiger partial charge is 0.502 e. The predicted octanol–water partition coefficient (Wildman–Crippen LogP) is 2.27. The number of hydrogen-bond donors (Lipinski definition) is 1. The van der Waals surface area contributed by atoms with E-state index in [1.54, 1.807) is 0 Å². The van der Waals surface area contributed by atoms with Crippen molar-refractivity contribution in [2.75, 3.05) is 31.7 Å². The summed E-state index contributed by atoms with van der Waals surface area (Å²) in [6.07, 6.45) is 7.31. The first kappa shape index (κ1) is 12.8. The van der Waals surface area contributed by atoms with Crippen LogP contribution in [0, 0.1) is 0 Å². The average molecular weight is 203 g/mol. The number of thioether (sulfide) groups is 1. The Morgan fingerprint density at radius 2 is 2.08 bits per heavy atom. The minimum atomic E-state index is 0.779. The second-order valence-electron chi connectivity index (χ2n) is 2.84. The maximum atomic E-state index is 5.00. The molecule has 13 heavy (non-hydrogen) atoms. The summed E-state index contributed by atoms with van der Waals surface area (Å²) in [6, 6.07) is 0. The van der Waals surface area contributed by atoms with Gasteiger partial charge in [0.2, 0.25) is 0 Å². The van der Waals surface area contributed by atoms with Gasteiger partial charge in [-0.15, -0.1) is 0 Å². The molecule has 0 aliphatic carbocycles. The van der Waals surface area contributed by atoms with Gasteiger partial charge in [-0.05, 0) is 44.4 Å². The van der Waals surface area contributed by atoms with Crippen molar-refractivity contribution < 1.29 is 4.74 Å². The highest BCUT2D eigenvalue weighted by Gasteiger charge is 1.88. The molecular formula is C10H21NOS.